The fourth-order valence-electron chi connectivity index (χ4n) is 5.27. The van der Waals surface area contributed by atoms with Gasteiger partial charge < -0.3 is 10.3 Å². The minimum Gasteiger partial charge on any atom is -0.347 e. The smallest absolute Gasteiger partial charge is 0.324 e. The maximum Gasteiger partial charge on any atom is 0.324 e. The molecule has 6 rings (SSSR count). The molecule has 1 atom stereocenters. The molecule has 0 fully saturated rings. The van der Waals surface area contributed by atoms with E-state index in [1.807, 2.05) is 48.5 Å². The second-order valence-corrected chi connectivity index (χ2v) is 15.1. The topological polar surface area (TPSA) is 112 Å². The fraction of sp³-hybridized carbons (Fsp3) is 0.167. The molecule has 1 aliphatic heterocycles. The van der Waals surface area contributed by atoms with E-state index in [0.29, 0.717) is 23.7 Å². The molecule has 0 amide bonds. The van der Waals surface area contributed by atoms with Crippen molar-refractivity contribution in [1.82, 2.24) is 19.6 Å². The number of aromatic amines is 1. The minimum absolute atomic E-state index is 0.0440. The summed E-state index contributed by atoms with van der Waals surface area (Å²) in [6.07, 6.45) is 3.74. The lowest BCUT2D eigenvalue weighted by Gasteiger charge is -2.21. The van der Waals surface area contributed by atoms with Gasteiger partial charge in [0.25, 0.3) is 8.87 Å². The van der Waals surface area contributed by atoms with E-state index in [1.54, 1.807) is 48.9 Å². The Morgan fingerprint density at radius 2 is 1.65 bits per heavy atom. The van der Waals surface area contributed by atoms with Crippen molar-refractivity contribution in [2.24, 2.45) is 0 Å². The van der Waals surface area contributed by atoms with E-state index in [1.165, 1.54) is 6.07 Å². The average molecular weight is 573 g/mol. The Morgan fingerprint density at radius 3 is 2.45 bits per heavy atom. The monoisotopic (exact) mass is 572 g/mol. The van der Waals surface area contributed by atoms with Crippen LogP contribution in [-0.4, -0.2) is 37.7 Å². The van der Waals surface area contributed by atoms with Gasteiger partial charge in [0.05, 0.1) is 11.2 Å². The van der Waals surface area contributed by atoms with Crippen LogP contribution in [0.3, 0.4) is 0 Å². The molecule has 1 unspecified atom stereocenters. The molecule has 5 aromatic rings. The summed E-state index contributed by atoms with van der Waals surface area (Å²) in [7, 11) is -9.52. The summed E-state index contributed by atoms with van der Waals surface area (Å²) in [5.41, 5.74) is 4.53. The second kappa shape index (κ2) is 10.6. The first-order valence-electron chi connectivity index (χ1n) is 13.0. The summed E-state index contributed by atoms with van der Waals surface area (Å²) in [4.78, 5) is 6.93. The molecule has 8 nitrogen and oxygen atoms in total. The van der Waals surface area contributed by atoms with Gasteiger partial charge in [-0.15, -0.1) is 0 Å². The van der Waals surface area contributed by atoms with E-state index < -0.39 is 17.9 Å². The Morgan fingerprint density at radius 1 is 0.875 bits per heavy atom. The first-order valence-corrected chi connectivity index (χ1v) is 16.4. The quantitative estimate of drug-likeness (QED) is 0.266. The van der Waals surface area contributed by atoms with Crippen LogP contribution in [0.25, 0.3) is 21.9 Å². The standard InChI is InChI=1S/C30H28N4O4S2/c35-39(36,30-12-6-10-23-9-4-5-11-28(23)30)40(37,38)34-16-15-29(32-19-26-18-31-21-33-26)27-14-13-24(17-25(27)20-34)22-7-2-1-3-8-22/h1-14,17-18,21,29,32H,15-16,19-20H2,(H,31,33). The minimum atomic E-state index is -4.77. The number of nitrogens with one attached hydrogen (secondary N) is 2. The predicted octanol–water partition coefficient (Wildman–Crippen LogP) is 4.99. The number of imidazole rings is 1. The molecule has 1 aromatic heterocycles. The highest BCUT2D eigenvalue weighted by atomic mass is 33.2. The summed E-state index contributed by atoms with van der Waals surface area (Å²) in [5.74, 6) is 0. The van der Waals surface area contributed by atoms with Crippen LogP contribution in [0.4, 0.5) is 0 Å². The normalized spacial score (nSPS) is 16.4. The predicted molar refractivity (Wildman–Crippen MR) is 155 cm³/mol. The zero-order valence-electron chi connectivity index (χ0n) is 21.6. The van der Waals surface area contributed by atoms with Crippen LogP contribution in [-0.2, 0) is 31.0 Å². The molecule has 0 spiro atoms. The number of aromatic nitrogens is 2. The molecule has 10 heteroatoms. The van der Waals surface area contributed by atoms with Gasteiger partial charge >= 0.3 is 9.06 Å². The lowest BCUT2D eigenvalue weighted by atomic mass is 9.94. The summed E-state index contributed by atoms with van der Waals surface area (Å²) in [5, 5.41) is 4.55. The van der Waals surface area contributed by atoms with Crippen LogP contribution in [0.2, 0.25) is 0 Å². The van der Waals surface area contributed by atoms with Crippen LogP contribution in [0, 0.1) is 0 Å². The van der Waals surface area contributed by atoms with Gasteiger partial charge in [0.1, 0.15) is 0 Å². The maximum absolute atomic E-state index is 13.9. The van der Waals surface area contributed by atoms with Gasteiger partial charge in [-0.1, -0.05) is 78.9 Å². The second-order valence-electron chi connectivity index (χ2n) is 9.80. The van der Waals surface area contributed by atoms with Gasteiger partial charge in [-0.3, -0.25) is 0 Å². The van der Waals surface area contributed by atoms with Crippen molar-refractivity contribution in [3.05, 3.63) is 120 Å². The zero-order chi connectivity index (χ0) is 27.7. The molecule has 0 saturated heterocycles. The van der Waals surface area contributed by atoms with Crippen LogP contribution in [0.15, 0.2) is 108 Å². The fourth-order valence-corrected chi connectivity index (χ4v) is 9.44. The van der Waals surface area contributed by atoms with Crippen molar-refractivity contribution >= 4 is 28.7 Å². The Kier molecular flexibility index (Phi) is 7.01. The molecule has 0 radical (unpaired) electrons. The van der Waals surface area contributed by atoms with Crippen LogP contribution in [0.1, 0.15) is 29.3 Å². The maximum atomic E-state index is 13.9. The zero-order valence-corrected chi connectivity index (χ0v) is 23.2. The third-order valence-corrected chi connectivity index (χ3v) is 12.6. The first kappa shape index (κ1) is 26.4. The van der Waals surface area contributed by atoms with Crippen molar-refractivity contribution in [3.8, 4) is 11.1 Å². The molecule has 0 aliphatic carbocycles. The Labute approximate surface area is 233 Å². The highest BCUT2D eigenvalue weighted by Gasteiger charge is 2.40. The highest BCUT2D eigenvalue weighted by molar-refractivity contribution is 8.66. The van der Waals surface area contributed by atoms with Crippen molar-refractivity contribution in [2.75, 3.05) is 6.54 Å². The van der Waals surface area contributed by atoms with Gasteiger partial charge in [-0.25, -0.2) is 13.4 Å². The van der Waals surface area contributed by atoms with E-state index in [2.05, 4.69) is 15.3 Å². The van der Waals surface area contributed by atoms with Gasteiger partial charge in [-0.05, 0) is 46.2 Å². The molecule has 40 heavy (non-hydrogen) atoms. The Hall–Kier alpha value is -3.83. The van der Waals surface area contributed by atoms with Gasteiger partial charge in [0.2, 0.25) is 0 Å². The highest BCUT2D eigenvalue weighted by Crippen LogP contribution is 2.35. The number of hydrogen-bond donors (Lipinski definition) is 2. The van der Waals surface area contributed by atoms with E-state index in [0.717, 1.165) is 32.3 Å². The number of fused-ring (bicyclic) bond motifs is 2. The number of H-pyrrole nitrogens is 1. The first-order chi connectivity index (χ1) is 19.3. The SMILES string of the molecule is O=S(=O)(c1cccc2ccccc12)S(=O)(=O)N1CCC(NCc2cnc[nH]2)c2ccc(-c3ccccc3)cc2C1. The lowest BCUT2D eigenvalue weighted by molar-refractivity contribution is 0.392. The van der Waals surface area contributed by atoms with E-state index in [4.69, 9.17) is 0 Å². The van der Waals surface area contributed by atoms with E-state index in [9.17, 15) is 16.8 Å². The van der Waals surface area contributed by atoms with Crippen LogP contribution >= 0.6 is 0 Å². The molecule has 2 heterocycles. The average Bonchev–Trinajstić information content (AvgIpc) is 3.43. The number of hydrogen-bond acceptors (Lipinski definition) is 6. The van der Waals surface area contributed by atoms with Crippen molar-refractivity contribution in [3.63, 3.8) is 0 Å². The van der Waals surface area contributed by atoms with Gasteiger partial charge in [0.15, 0.2) is 0 Å². The van der Waals surface area contributed by atoms with Crippen LogP contribution in [0.5, 0.6) is 0 Å². The summed E-state index contributed by atoms with van der Waals surface area (Å²) in [6.45, 7) is 0.499. The molecule has 4 aromatic carbocycles. The molecule has 1 aliphatic rings. The van der Waals surface area contributed by atoms with Crippen molar-refractivity contribution in [2.45, 2.75) is 30.4 Å². The number of rotatable bonds is 7. The lowest BCUT2D eigenvalue weighted by Crippen LogP contribution is -2.36. The molecular formula is C30H28N4O4S2. The van der Waals surface area contributed by atoms with E-state index >= 15 is 0 Å². The van der Waals surface area contributed by atoms with Gasteiger partial charge in [-0.2, -0.15) is 12.7 Å². The molecule has 204 valence electrons. The Balaban J connectivity index is 1.40. The van der Waals surface area contributed by atoms with Gasteiger partial charge in [0, 0.05) is 43.0 Å². The summed E-state index contributed by atoms with van der Waals surface area (Å²) >= 11 is 0. The molecule has 0 saturated carbocycles. The van der Waals surface area contributed by atoms with E-state index in [-0.39, 0.29) is 24.0 Å². The number of benzene rings is 4. The summed E-state index contributed by atoms with van der Waals surface area (Å²) in [6, 6.07) is 27.2. The van der Waals surface area contributed by atoms with Crippen molar-refractivity contribution in [1.29, 1.82) is 0 Å². The Bertz CT molecular complexity index is 1870. The third kappa shape index (κ3) is 4.84. The third-order valence-electron chi connectivity index (χ3n) is 7.35. The largest absolute Gasteiger partial charge is 0.347 e. The summed E-state index contributed by atoms with van der Waals surface area (Å²) < 4.78 is 56.5. The van der Waals surface area contributed by atoms with Crippen LogP contribution < -0.4 is 5.32 Å². The number of nitrogens with zero attached hydrogens (tertiary/aromatic N) is 2. The molecular weight excluding hydrogens is 544 g/mol. The molecule has 2 N–H and O–H groups in total. The molecule has 0 bridgehead atoms. The van der Waals surface area contributed by atoms with Crippen molar-refractivity contribution < 1.29 is 16.8 Å².